The first-order valence-electron chi connectivity index (χ1n) is 4.23. The van der Waals surface area contributed by atoms with E-state index in [1.54, 1.807) is 41.6 Å². The molecule has 0 saturated heterocycles. The number of imidazole rings is 1. The highest BCUT2D eigenvalue weighted by Gasteiger charge is 2.02. The Balaban J connectivity index is 2.46. The van der Waals surface area contributed by atoms with E-state index >= 15 is 0 Å². The van der Waals surface area contributed by atoms with Crippen LogP contribution in [0, 0.1) is 0 Å². The van der Waals surface area contributed by atoms with E-state index in [1.165, 1.54) is 6.92 Å². The van der Waals surface area contributed by atoms with Gasteiger partial charge in [0.05, 0.1) is 0 Å². The summed E-state index contributed by atoms with van der Waals surface area (Å²) >= 11 is 0. The second kappa shape index (κ2) is 3.41. The van der Waals surface area contributed by atoms with Gasteiger partial charge in [0, 0.05) is 24.2 Å². The van der Waals surface area contributed by atoms with E-state index in [1.807, 2.05) is 0 Å². The second-order valence-electron chi connectivity index (χ2n) is 2.93. The molecule has 14 heavy (non-hydrogen) atoms. The molecule has 0 aliphatic rings. The van der Waals surface area contributed by atoms with Gasteiger partial charge in [0.1, 0.15) is 12.1 Å². The maximum Gasteiger partial charge on any atom is 0.159 e. The van der Waals surface area contributed by atoms with Crippen molar-refractivity contribution < 1.29 is 4.79 Å². The summed E-state index contributed by atoms with van der Waals surface area (Å²) in [6.45, 7) is 1.53. The third-order valence-corrected chi connectivity index (χ3v) is 1.92. The van der Waals surface area contributed by atoms with Crippen LogP contribution in [0.1, 0.15) is 17.3 Å². The molecule has 2 rings (SSSR count). The van der Waals surface area contributed by atoms with Crippen LogP contribution in [-0.4, -0.2) is 20.3 Å². The number of pyridine rings is 1. The first-order valence-corrected chi connectivity index (χ1v) is 4.23. The van der Waals surface area contributed by atoms with E-state index in [0.717, 1.165) is 0 Å². The van der Waals surface area contributed by atoms with E-state index in [-0.39, 0.29) is 5.78 Å². The summed E-state index contributed by atoms with van der Waals surface area (Å²) in [6, 6.07) is 3.44. The Kier molecular flexibility index (Phi) is 2.10. The number of aromatic nitrogens is 3. The lowest BCUT2D eigenvalue weighted by Crippen LogP contribution is -1.98. The number of hydrogen-bond donors (Lipinski definition) is 0. The van der Waals surface area contributed by atoms with Crippen molar-refractivity contribution in [3.05, 3.63) is 42.6 Å². The maximum absolute atomic E-state index is 11.1. The molecule has 2 heterocycles. The lowest BCUT2D eigenvalue weighted by atomic mass is 10.2. The van der Waals surface area contributed by atoms with Crippen molar-refractivity contribution in [2.45, 2.75) is 6.92 Å². The van der Waals surface area contributed by atoms with Crippen LogP contribution in [0.25, 0.3) is 5.82 Å². The molecule has 4 nitrogen and oxygen atoms in total. The zero-order chi connectivity index (χ0) is 9.97. The summed E-state index contributed by atoms with van der Waals surface area (Å²) in [5, 5.41) is 0. The molecule has 0 N–H and O–H groups in total. The number of ketones is 1. The topological polar surface area (TPSA) is 47.8 Å². The monoisotopic (exact) mass is 187 g/mol. The Hall–Kier alpha value is -1.97. The van der Waals surface area contributed by atoms with Gasteiger partial charge in [-0.15, -0.1) is 0 Å². The first kappa shape index (κ1) is 8.62. The standard InChI is InChI=1S/C10H9N3O/c1-8(14)9-2-3-12-10(6-9)13-5-4-11-7-13/h2-7H,1H3. The second-order valence-corrected chi connectivity index (χ2v) is 2.93. The summed E-state index contributed by atoms with van der Waals surface area (Å²) in [4.78, 5) is 19.2. The molecule has 0 spiro atoms. The minimum atomic E-state index is 0.0359. The van der Waals surface area contributed by atoms with E-state index < -0.39 is 0 Å². The van der Waals surface area contributed by atoms with Crippen LogP contribution in [0.4, 0.5) is 0 Å². The van der Waals surface area contributed by atoms with Gasteiger partial charge in [-0.3, -0.25) is 9.36 Å². The first-order chi connectivity index (χ1) is 6.77. The van der Waals surface area contributed by atoms with E-state index in [2.05, 4.69) is 9.97 Å². The number of nitrogens with zero attached hydrogens (tertiary/aromatic N) is 3. The quantitative estimate of drug-likeness (QED) is 0.669. The Morgan fingerprint density at radius 2 is 2.29 bits per heavy atom. The molecule has 0 fully saturated rings. The van der Waals surface area contributed by atoms with E-state index in [9.17, 15) is 4.79 Å². The SMILES string of the molecule is CC(=O)c1ccnc(-n2ccnc2)c1. The van der Waals surface area contributed by atoms with Gasteiger partial charge in [-0.2, -0.15) is 0 Å². The number of Topliss-reactive ketones (excluding diaryl/α,β-unsaturated/α-hetero) is 1. The predicted molar refractivity (Wildman–Crippen MR) is 51.4 cm³/mol. The van der Waals surface area contributed by atoms with Crippen molar-refractivity contribution >= 4 is 5.78 Å². The largest absolute Gasteiger partial charge is 0.295 e. The molecular formula is C10H9N3O. The van der Waals surface area contributed by atoms with Crippen molar-refractivity contribution in [2.24, 2.45) is 0 Å². The van der Waals surface area contributed by atoms with Crippen molar-refractivity contribution in [1.82, 2.24) is 14.5 Å². The zero-order valence-electron chi connectivity index (χ0n) is 7.71. The lowest BCUT2D eigenvalue weighted by molar-refractivity contribution is 0.101. The molecule has 4 heteroatoms. The molecule has 0 amide bonds. The lowest BCUT2D eigenvalue weighted by Gasteiger charge is -2.01. The highest BCUT2D eigenvalue weighted by atomic mass is 16.1. The Labute approximate surface area is 81.2 Å². The summed E-state index contributed by atoms with van der Waals surface area (Å²) in [6.07, 6.45) is 6.71. The van der Waals surface area contributed by atoms with Crippen LogP contribution >= 0.6 is 0 Å². The van der Waals surface area contributed by atoms with Crippen LogP contribution in [-0.2, 0) is 0 Å². The molecule has 2 aromatic rings. The molecule has 0 radical (unpaired) electrons. The number of rotatable bonds is 2. The normalized spacial score (nSPS) is 10.1. The summed E-state index contributed by atoms with van der Waals surface area (Å²) in [5.41, 5.74) is 0.656. The molecular weight excluding hydrogens is 178 g/mol. The van der Waals surface area contributed by atoms with Gasteiger partial charge in [0.25, 0.3) is 0 Å². The summed E-state index contributed by atoms with van der Waals surface area (Å²) in [7, 11) is 0. The molecule has 0 unspecified atom stereocenters. The van der Waals surface area contributed by atoms with Gasteiger partial charge in [0.15, 0.2) is 5.78 Å². The van der Waals surface area contributed by atoms with Crippen molar-refractivity contribution in [1.29, 1.82) is 0 Å². The van der Waals surface area contributed by atoms with E-state index in [4.69, 9.17) is 0 Å². The van der Waals surface area contributed by atoms with Gasteiger partial charge < -0.3 is 0 Å². The number of carbonyl (C=O) groups excluding carboxylic acids is 1. The summed E-state index contributed by atoms with van der Waals surface area (Å²) < 4.78 is 1.76. The van der Waals surface area contributed by atoms with Crippen LogP contribution in [0.5, 0.6) is 0 Å². The van der Waals surface area contributed by atoms with Gasteiger partial charge in [-0.25, -0.2) is 9.97 Å². The van der Waals surface area contributed by atoms with Gasteiger partial charge in [0.2, 0.25) is 0 Å². The average molecular weight is 187 g/mol. The number of hydrogen-bond acceptors (Lipinski definition) is 3. The van der Waals surface area contributed by atoms with Crippen molar-refractivity contribution in [3.63, 3.8) is 0 Å². The van der Waals surface area contributed by atoms with Crippen LogP contribution in [0.3, 0.4) is 0 Å². The fourth-order valence-electron chi connectivity index (χ4n) is 1.17. The summed E-state index contributed by atoms with van der Waals surface area (Å²) in [5.74, 6) is 0.740. The minimum absolute atomic E-state index is 0.0359. The fourth-order valence-corrected chi connectivity index (χ4v) is 1.17. The molecule has 0 saturated carbocycles. The van der Waals surface area contributed by atoms with E-state index in [0.29, 0.717) is 11.4 Å². The molecule has 0 aliphatic heterocycles. The Morgan fingerprint density at radius 1 is 1.43 bits per heavy atom. The highest BCUT2D eigenvalue weighted by Crippen LogP contribution is 2.06. The molecule has 0 atom stereocenters. The average Bonchev–Trinajstić information content (AvgIpc) is 2.71. The van der Waals surface area contributed by atoms with Gasteiger partial charge in [-0.05, 0) is 19.1 Å². The highest BCUT2D eigenvalue weighted by molar-refractivity contribution is 5.94. The maximum atomic E-state index is 11.1. The smallest absolute Gasteiger partial charge is 0.159 e. The molecule has 0 aromatic carbocycles. The van der Waals surface area contributed by atoms with Crippen LogP contribution in [0.2, 0.25) is 0 Å². The Bertz CT molecular complexity index is 448. The molecule has 0 aliphatic carbocycles. The molecule has 0 bridgehead atoms. The third kappa shape index (κ3) is 1.54. The van der Waals surface area contributed by atoms with Crippen molar-refractivity contribution in [2.75, 3.05) is 0 Å². The minimum Gasteiger partial charge on any atom is -0.295 e. The predicted octanol–water partition coefficient (Wildman–Crippen LogP) is 1.47. The van der Waals surface area contributed by atoms with Crippen LogP contribution in [0.15, 0.2) is 37.1 Å². The Morgan fingerprint density at radius 3 is 2.93 bits per heavy atom. The third-order valence-electron chi connectivity index (χ3n) is 1.92. The van der Waals surface area contributed by atoms with Gasteiger partial charge in [-0.1, -0.05) is 0 Å². The molecule has 2 aromatic heterocycles. The molecule has 70 valence electrons. The van der Waals surface area contributed by atoms with Crippen LogP contribution < -0.4 is 0 Å². The zero-order valence-corrected chi connectivity index (χ0v) is 7.71. The fraction of sp³-hybridized carbons (Fsp3) is 0.100. The van der Waals surface area contributed by atoms with Gasteiger partial charge >= 0.3 is 0 Å². The van der Waals surface area contributed by atoms with Crippen molar-refractivity contribution in [3.8, 4) is 5.82 Å². The number of carbonyl (C=O) groups is 1.